The van der Waals surface area contributed by atoms with Crippen molar-refractivity contribution >= 4 is 33.4 Å². The first-order valence-electron chi connectivity index (χ1n) is 8.61. The van der Waals surface area contributed by atoms with Crippen LogP contribution in [0.15, 0.2) is 71.9 Å². The van der Waals surface area contributed by atoms with Crippen LogP contribution < -0.4 is 9.30 Å². The second-order valence-electron chi connectivity index (χ2n) is 6.28. The molecule has 0 aliphatic carbocycles. The highest BCUT2D eigenvalue weighted by molar-refractivity contribution is 7.85. The second kappa shape index (κ2) is 10.1. The Bertz CT molecular complexity index is 1200. The number of aromatic nitrogens is 1. The summed E-state index contributed by atoms with van der Waals surface area (Å²) < 4.78 is 38.0. The number of nitrogens with zero attached hydrogens (tertiary/aromatic N) is 2. The number of halogens is 1. The molecule has 0 spiro atoms. The summed E-state index contributed by atoms with van der Waals surface area (Å²) in [5.41, 5.74) is 0.967. The quantitative estimate of drug-likeness (QED) is 0.145. The van der Waals surface area contributed by atoms with E-state index in [9.17, 15) is 27.9 Å². The van der Waals surface area contributed by atoms with Crippen molar-refractivity contribution < 1.29 is 32.0 Å². The number of nitro benzene ring substituents is 1. The van der Waals surface area contributed by atoms with Crippen molar-refractivity contribution in [3.63, 3.8) is 0 Å². The molecule has 9 nitrogen and oxygen atoms in total. The summed E-state index contributed by atoms with van der Waals surface area (Å²) in [6.45, 7) is 1.82. The maximum absolute atomic E-state index is 11.9. The zero-order valence-electron chi connectivity index (χ0n) is 16.4. The van der Waals surface area contributed by atoms with Gasteiger partial charge >= 0.3 is 5.97 Å². The van der Waals surface area contributed by atoms with E-state index in [1.807, 2.05) is 14.0 Å². The summed E-state index contributed by atoms with van der Waals surface area (Å²) in [6, 6.07) is 12.8. The predicted molar refractivity (Wildman–Crippen MR) is 110 cm³/mol. The molecule has 1 heterocycles. The van der Waals surface area contributed by atoms with Crippen molar-refractivity contribution in [2.45, 2.75) is 11.8 Å². The van der Waals surface area contributed by atoms with Gasteiger partial charge < -0.3 is 9.29 Å². The SMILES string of the molecule is C[n+]1ccc(C(=O)Oc2ccc(Cl)c([N+](=O)[O-])c2)cc1.Cc1ccc(S(=O)(=O)[O-])cc1. The van der Waals surface area contributed by atoms with Gasteiger partial charge in [0.05, 0.1) is 21.4 Å². The Morgan fingerprint density at radius 1 is 1.06 bits per heavy atom. The summed E-state index contributed by atoms with van der Waals surface area (Å²) in [5.74, 6) is -0.526. The molecule has 3 rings (SSSR count). The molecule has 0 unspecified atom stereocenters. The van der Waals surface area contributed by atoms with E-state index in [4.69, 9.17) is 16.3 Å². The topological polar surface area (TPSA) is 131 Å². The zero-order valence-corrected chi connectivity index (χ0v) is 18.0. The molecule has 11 heteroatoms. The largest absolute Gasteiger partial charge is 0.744 e. The third-order valence-corrected chi connectivity index (χ3v) is 5.02. The van der Waals surface area contributed by atoms with Crippen molar-refractivity contribution in [2.24, 2.45) is 7.05 Å². The van der Waals surface area contributed by atoms with Crippen LogP contribution in [-0.2, 0) is 17.2 Å². The number of hydrogen-bond donors (Lipinski definition) is 0. The summed E-state index contributed by atoms with van der Waals surface area (Å²) in [7, 11) is -2.45. The number of rotatable bonds is 4. The highest BCUT2D eigenvalue weighted by atomic mass is 35.5. The molecule has 0 N–H and O–H groups in total. The monoisotopic (exact) mass is 464 g/mol. The number of hydrogen-bond acceptors (Lipinski definition) is 7. The highest BCUT2D eigenvalue weighted by Gasteiger charge is 2.16. The molecular formula is C20H17ClN2O7S. The first-order valence-corrected chi connectivity index (χ1v) is 10.4. The van der Waals surface area contributed by atoms with E-state index in [1.165, 1.54) is 24.3 Å². The number of aryl methyl sites for hydroxylation is 2. The number of benzene rings is 2. The van der Waals surface area contributed by atoms with Crippen LogP contribution in [0.3, 0.4) is 0 Å². The summed E-state index contributed by atoms with van der Waals surface area (Å²) in [5, 5.41) is 10.7. The lowest BCUT2D eigenvalue weighted by Crippen LogP contribution is -2.26. The van der Waals surface area contributed by atoms with E-state index >= 15 is 0 Å². The molecule has 0 aliphatic rings. The van der Waals surface area contributed by atoms with Gasteiger partial charge in [0.15, 0.2) is 12.4 Å². The molecule has 0 bridgehead atoms. The smallest absolute Gasteiger partial charge is 0.343 e. The molecule has 31 heavy (non-hydrogen) atoms. The highest BCUT2D eigenvalue weighted by Crippen LogP contribution is 2.28. The number of carbonyl (C=O) groups is 1. The molecule has 0 aliphatic heterocycles. The normalized spacial score (nSPS) is 10.6. The van der Waals surface area contributed by atoms with Crippen molar-refractivity contribution in [2.75, 3.05) is 0 Å². The Morgan fingerprint density at radius 3 is 2.16 bits per heavy atom. The standard InChI is InChI=1S/C13H10ClN2O4.C7H8O3S/c1-15-6-4-9(5-7-15)13(17)20-10-2-3-11(14)12(8-10)16(18)19;1-6-2-4-7(5-3-6)11(8,9)10/h2-8H,1H3;2-5H,1H3,(H,8,9,10)/q+1;/p-1. The first kappa shape index (κ1) is 23.9. The van der Waals surface area contributed by atoms with Crippen molar-refractivity contribution in [3.05, 3.63) is 93.3 Å². The first-order chi connectivity index (χ1) is 14.5. The maximum atomic E-state index is 11.9. The Labute approximate surface area is 183 Å². The molecule has 0 fully saturated rings. The predicted octanol–water partition coefficient (Wildman–Crippen LogP) is 3.19. The number of carbonyl (C=O) groups excluding carboxylic acids is 1. The fraction of sp³-hybridized carbons (Fsp3) is 0.100. The molecule has 0 radical (unpaired) electrons. The average molecular weight is 465 g/mol. The van der Waals surface area contributed by atoms with Gasteiger partial charge in [-0.15, -0.1) is 0 Å². The maximum Gasteiger partial charge on any atom is 0.343 e. The number of esters is 1. The minimum absolute atomic E-state index is 0.0125. The second-order valence-corrected chi connectivity index (χ2v) is 8.07. The average Bonchev–Trinajstić information content (AvgIpc) is 2.70. The van der Waals surface area contributed by atoms with Gasteiger partial charge in [-0.2, -0.15) is 0 Å². The van der Waals surface area contributed by atoms with Crippen LogP contribution in [0.2, 0.25) is 5.02 Å². The molecule has 0 saturated heterocycles. The van der Waals surface area contributed by atoms with Crippen LogP contribution >= 0.6 is 11.6 Å². The fourth-order valence-corrected chi connectivity index (χ4v) is 2.86. The minimum Gasteiger partial charge on any atom is -0.744 e. The Kier molecular flexibility index (Phi) is 7.81. The number of nitro groups is 1. The van der Waals surface area contributed by atoms with E-state index in [1.54, 1.807) is 41.2 Å². The van der Waals surface area contributed by atoms with Crippen LogP contribution in [0.25, 0.3) is 0 Å². The van der Waals surface area contributed by atoms with Crippen molar-refractivity contribution in [1.82, 2.24) is 0 Å². The van der Waals surface area contributed by atoms with Gasteiger partial charge in [0.25, 0.3) is 5.69 Å². The summed E-state index contributed by atoms with van der Waals surface area (Å²) in [4.78, 5) is 21.8. The van der Waals surface area contributed by atoms with Crippen LogP contribution in [0.1, 0.15) is 15.9 Å². The van der Waals surface area contributed by atoms with Gasteiger partial charge in [-0.05, 0) is 31.2 Å². The number of pyridine rings is 1. The lowest BCUT2D eigenvalue weighted by molar-refractivity contribution is -0.671. The molecule has 1 aromatic heterocycles. The van der Waals surface area contributed by atoms with Gasteiger partial charge in [-0.25, -0.2) is 17.8 Å². The molecule has 0 amide bonds. The Balaban J connectivity index is 0.000000262. The van der Waals surface area contributed by atoms with Crippen molar-refractivity contribution in [3.8, 4) is 5.75 Å². The van der Waals surface area contributed by atoms with E-state index in [0.29, 0.717) is 5.56 Å². The van der Waals surface area contributed by atoms with Crippen LogP contribution in [0, 0.1) is 17.0 Å². The van der Waals surface area contributed by atoms with Crippen LogP contribution in [0.4, 0.5) is 5.69 Å². The molecule has 3 aromatic rings. The Morgan fingerprint density at radius 2 is 1.65 bits per heavy atom. The third-order valence-electron chi connectivity index (χ3n) is 3.85. The van der Waals surface area contributed by atoms with E-state index in [2.05, 4.69) is 0 Å². The van der Waals surface area contributed by atoms with Crippen LogP contribution in [-0.4, -0.2) is 23.9 Å². The lowest BCUT2D eigenvalue weighted by atomic mass is 10.2. The van der Waals surface area contributed by atoms with Crippen LogP contribution in [0.5, 0.6) is 5.75 Å². The minimum atomic E-state index is -4.27. The molecule has 0 atom stereocenters. The van der Waals surface area contributed by atoms with Crippen molar-refractivity contribution in [1.29, 1.82) is 0 Å². The fourth-order valence-electron chi connectivity index (χ4n) is 2.20. The van der Waals surface area contributed by atoms with E-state index < -0.39 is 21.0 Å². The Hall–Kier alpha value is -3.34. The van der Waals surface area contributed by atoms with Gasteiger partial charge in [-0.1, -0.05) is 29.3 Å². The number of ether oxygens (including phenoxy) is 1. The molecule has 0 saturated carbocycles. The molecule has 162 valence electrons. The molecule has 2 aromatic carbocycles. The van der Waals surface area contributed by atoms with Gasteiger partial charge in [-0.3, -0.25) is 10.1 Å². The zero-order chi connectivity index (χ0) is 23.2. The third kappa shape index (κ3) is 7.14. The lowest BCUT2D eigenvalue weighted by Gasteiger charge is -2.05. The summed E-state index contributed by atoms with van der Waals surface area (Å²) in [6.07, 6.45) is 3.39. The van der Waals surface area contributed by atoms with Gasteiger partial charge in [0.2, 0.25) is 0 Å². The van der Waals surface area contributed by atoms with Gasteiger partial charge in [0, 0.05) is 12.1 Å². The molecular weight excluding hydrogens is 448 g/mol. The van der Waals surface area contributed by atoms with Gasteiger partial charge in [0.1, 0.15) is 27.9 Å². The summed E-state index contributed by atoms with van der Waals surface area (Å²) >= 11 is 5.68. The van der Waals surface area contributed by atoms with E-state index in [0.717, 1.165) is 11.6 Å². The van der Waals surface area contributed by atoms with E-state index in [-0.39, 0.29) is 21.4 Å².